The van der Waals surface area contributed by atoms with Gasteiger partial charge < -0.3 is 10.1 Å². The minimum atomic E-state index is -0.282. The van der Waals surface area contributed by atoms with E-state index in [1.807, 2.05) is 12.1 Å². The van der Waals surface area contributed by atoms with Crippen molar-refractivity contribution in [3.63, 3.8) is 0 Å². The summed E-state index contributed by atoms with van der Waals surface area (Å²) in [5, 5.41) is 3.34. The van der Waals surface area contributed by atoms with Crippen LogP contribution >= 0.6 is 0 Å². The van der Waals surface area contributed by atoms with Crippen molar-refractivity contribution in [3.8, 4) is 5.75 Å². The number of aromatic nitrogens is 1. The highest BCUT2D eigenvalue weighted by molar-refractivity contribution is 5.22. The Balaban J connectivity index is 1.72. The van der Waals surface area contributed by atoms with Gasteiger partial charge in [0.15, 0.2) is 0 Å². The van der Waals surface area contributed by atoms with Gasteiger partial charge in [0.1, 0.15) is 18.2 Å². The second-order valence-electron chi connectivity index (χ2n) is 4.26. The molecule has 0 aliphatic carbocycles. The summed E-state index contributed by atoms with van der Waals surface area (Å²) >= 11 is 0. The monoisotopic (exact) mass is 260 g/mol. The van der Waals surface area contributed by atoms with E-state index in [0.29, 0.717) is 18.9 Å². The molecule has 0 saturated carbocycles. The van der Waals surface area contributed by atoms with Gasteiger partial charge in [-0.15, -0.1) is 0 Å². The largest absolute Gasteiger partial charge is 0.492 e. The summed E-state index contributed by atoms with van der Waals surface area (Å²) in [4.78, 5) is 3.98. The van der Waals surface area contributed by atoms with Crippen LogP contribution in [0.25, 0.3) is 0 Å². The van der Waals surface area contributed by atoms with Gasteiger partial charge in [-0.05, 0) is 36.8 Å². The minimum absolute atomic E-state index is 0.235. The van der Waals surface area contributed by atoms with Gasteiger partial charge in [0.2, 0.25) is 0 Å². The van der Waals surface area contributed by atoms with Gasteiger partial charge in [0.25, 0.3) is 0 Å². The molecule has 2 aromatic rings. The fourth-order valence-electron chi connectivity index (χ4n) is 1.77. The highest BCUT2D eigenvalue weighted by Gasteiger charge is 2.03. The molecule has 1 N–H and O–H groups in total. The number of nitrogens with one attached hydrogen (secondary N) is 1. The van der Waals surface area contributed by atoms with Crippen molar-refractivity contribution in [1.29, 1.82) is 0 Å². The molecule has 1 unspecified atom stereocenters. The molecule has 19 heavy (non-hydrogen) atoms. The lowest BCUT2D eigenvalue weighted by Crippen LogP contribution is -2.24. The average molecular weight is 260 g/mol. The molecule has 3 nitrogen and oxygen atoms in total. The maximum absolute atomic E-state index is 12.9. The molecule has 1 atom stereocenters. The van der Waals surface area contributed by atoms with E-state index in [4.69, 9.17) is 4.74 Å². The summed E-state index contributed by atoms with van der Waals surface area (Å²) in [6.07, 6.45) is 3.55. The molecule has 4 heteroatoms. The van der Waals surface area contributed by atoms with Gasteiger partial charge >= 0.3 is 0 Å². The van der Waals surface area contributed by atoms with Crippen molar-refractivity contribution >= 4 is 0 Å². The van der Waals surface area contributed by atoms with Crippen LogP contribution in [0.15, 0.2) is 48.8 Å². The first kappa shape index (κ1) is 13.5. The lowest BCUT2D eigenvalue weighted by atomic mass is 10.1. The standard InChI is InChI=1S/C15H17FN2O/c1-12(13-5-7-17-8-6-13)18-9-10-19-15-4-2-3-14(16)11-15/h2-8,11-12,18H,9-10H2,1H3. The predicted molar refractivity (Wildman–Crippen MR) is 72.5 cm³/mol. The summed E-state index contributed by atoms with van der Waals surface area (Å²) in [5.74, 6) is 0.272. The third kappa shape index (κ3) is 4.34. The maximum atomic E-state index is 12.9. The van der Waals surface area contributed by atoms with Crippen LogP contribution in [0.5, 0.6) is 5.75 Å². The van der Waals surface area contributed by atoms with E-state index < -0.39 is 0 Å². The van der Waals surface area contributed by atoms with Gasteiger partial charge in [0.05, 0.1) is 0 Å². The van der Waals surface area contributed by atoms with Crippen LogP contribution in [0.4, 0.5) is 4.39 Å². The molecule has 1 aromatic carbocycles. The van der Waals surface area contributed by atoms with Crippen molar-refractivity contribution in [2.24, 2.45) is 0 Å². The average Bonchev–Trinajstić information content (AvgIpc) is 2.44. The first-order chi connectivity index (χ1) is 9.25. The second-order valence-corrected chi connectivity index (χ2v) is 4.26. The molecule has 0 radical (unpaired) electrons. The smallest absolute Gasteiger partial charge is 0.126 e. The first-order valence-corrected chi connectivity index (χ1v) is 6.27. The van der Waals surface area contributed by atoms with Crippen molar-refractivity contribution in [3.05, 3.63) is 60.2 Å². The number of benzene rings is 1. The fraction of sp³-hybridized carbons (Fsp3) is 0.267. The van der Waals surface area contributed by atoms with E-state index in [1.165, 1.54) is 17.7 Å². The summed E-state index contributed by atoms with van der Waals surface area (Å²) < 4.78 is 18.4. The zero-order valence-corrected chi connectivity index (χ0v) is 10.8. The number of rotatable bonds is 6. The zero-order valence-electron chi connectivity index (χ0n) is 10.8. The molecular formula is C15H17FN2O. The number of hydrogen-bond donors (Lipinski definition) is 1. The predicted octanol–water partition coefficient (Wildman–Crippen LogP) is 2.95. The molecule has 0 aliphatic heterocycles. The third-order valence-corrected chi connectivity index (χ3v) is 2.82. The van der Waals surface area contributed by atoms with E-state index in [1.54, 1.807) is 24.5 Å². The summed E-state index contributed by atoms with van der Waals surface area (Å²) in [5.41, 5.74) is 1.18. The Morgan fingerprint density at radius 2 is 2.05 bits per heavy atom. The number of hydrogen-bond acceptors (Lipinski definition) is 3. The Hall–Kier alpha value is -1.94. The summed E-state index contributed by atoms with van der Waals surface area (Å²) in [6, 6.07) is 10.4. The van der Waals surface area contributed by atoms with E-state index in [0.717, 1.165) is 0 Å². The highest BCUT2D eigenvalue weighted by atomic mass is 19.1. The fourth-order valence-corrected chi connectivity index (χ4v) is 1.77. The molecule has 1 aromatic heterocycles. The maximum Gasteiger partial charge on any atom is 0.126 e. The Kier molecular flexibility index (Phi) is 4.86. The van der Waals surface area contributed by atoms with E-state index in [-0.39, 0.29) is 11.9 Å². The van der Waals surface area contributed by atoms with Crippen molar-refractivity contribution < 1.29 is 9.13 Å². The molecule has 0 fully saturated rings. The molecule has 0 saturated heterocycles. The molecule has 0 spiro atoms. The van der Waals surface area contributed by atoms with Crippen LogP contribution in [-0.2, 0) is 0 Å². The highest BCUT2D eigenvalue weighted by Crippen LogP contribution is 2.12. The van der Waals surface area contributed by atoms with E-state index >= 15 is 0 Å². The van der Waals surface area contributed by atoms with Gasteiger partial charge in [-0.1, -0.05) is 6.07 Å². The summed E-state index contributed by atoms with van der Waals surface area (Å²) in [6.45, 7) is 3.27. The Labute approximate surface area is 112 Å². The molecule has 1 heterocycles. The molecule has 0 bridgehead atoms. The quantitative estimate of drug-likeness (QED) is 0.811. The van der Waals surface area contributed by atoms with Crippen molar-refractivity contribution in [2.45, 2.75) is 13.0 Å². The van der Waals surface area contributed by atoms with E-state index in [9.17, 15) is 4.39 Å². The van der Waals surface area contributed by atoms with Crippen molar-refractivity contribution in [2.75, 3.05) is 13.2 Å². The SMILES string of the molecule is CC(NCCOc1cccc(F)c1)c1ccncc1. The number of nitrogens with zero attached hydrogens (tertiary/aromatic N) is 1. The van der Waals surface area contributed by atoms with Crippen LogP contribution in [0.3, 0.4) is 0 Å². The number of pyridine rings is 1. The molecule has 0 amide bonds. The van der Waals surface area contributed by atoms with Crippen LogP contribution in [0, 0.1) is 5.82 Å². The van der Waals surface area contributed by atoms with Crippen LogP contribution in [0.1, 0.15) is 18.5 Å². The molecule has 100 valence electrons. The molecular weight excluding hydrogens is 243 g/mol. The summed E-state index contributed by atoms with van der Waals surface area (Å²) in [7, 11) is 0. The number of ether oxygens (including phenoxy) is 1. The Bertz CT molecular complexity index is 505. The minimum Gasteiger partial charge on any atom is -0.492 e. The van der Waals surface area contributed by atoms with Gasteiger partial charge in [0, 0.05) is 31.0 Å². The third-order valence-electron chi connectivity index (χ3n) is 2.82. The van der Waals surface area contributed by atoms with E-state index in [2.05, 4.69) is 17.2 Å². The van der Waals surface area contributed by atoms with Gasteiger partial charge in [-0.3, -0.25) is 4.98 Å². The number of halogens is 1. The van der Waals surface area contributed by atoms with Crippen LogP contribution in [-0.4, -0.2) is 18.1 Å². The Morgan fingerprint density at radius 1 is 1.26 bits per heavy atom. The van der Waals surface area contributed by atoms with Crippen molar-refractivity contribution in [1.82, 2.24) is 10.3 Å². The van der Waals surface area contributed by atoms with Gasteiger partial charge in [-0.25, -0.2) is 4.39 Å². The topological polar surface area (TPSA) is 34.1 Å². The van der Waals surface area contributed by atoms with Gasteiger partial charge in [-0.2, -0.15) is 0 Å². The normalized spacial score (nSPS) is 12.1. The van der Waals surface area contributed by atoms with Crippen LogP contribution < -0.4 is 10.1 Å². The lowest BCUT2D eigenvalue weighted by Gasteiger charge is -2.14. The van der Waals surface area contributed by atoms with Crippen LogP contribution in [0.2, 0.25) is 0 Å². The molecule has 0 aliphatic rings. The molecule has 2 rings (SSSR count). The lowest BCUT2D eigenvalue weighted by molar-refractivity contribution is 0.306. The Morgan fingerprint density at radius 3 is 2.79 bits per heavy atom. The zero-order chi connectivity index (χ0) is 13.5. The second kappa shape index (κ2) is 6.85. The first-order valence-electron chi connectivity index (χ1n) is 6.27.